The average molecular weight is 283 g/mol. The maximum Gasteiger partial charge on any atom is 0.253 e. The molecule has 0 fully saturated rings. The van der Waals surface area contributed by atoms with E-state index in [2.05, 4.69) is 5.32 Å². The minimum Gasteiger partial charge on any atom is -0.398 e. The summed E-state index contributed by atoms with van der Waals surface area (Å²) in [5.74, 6) is -0.954. The van der Waals surface area contributed by atoms with Gasteiger partial charge in [-0.15, -0.1) is 0 Å². The summed E-state index contributed by atoms with van der Waals surface area (Å²) in [5.41, 5.74) is 7.40. The number of nitriles is 1. The molecule has 0 aliphatic rings. The van der Waals surface area contributed by atoms with E-state index in [4.69, 9.17) is 11.0 Å². The number of benzene rings is 2. The van der Waals surface area contributed by atoms with Crippen LogP contribution in [0, 0.1) is 17.1 Å². The third-order valence-electron chi connectivity index (χ3n) is 3.15. The van der Waals surface area contributed by atoms with Crippen LogP contribution in [0.1, 0.15) is 34.5 Å². The number of hydrogen-bond donors (Lipinski definition) is 2. The number of carbonyl (C=O) groups excluding carboxylic acids is 1. The predicted octanol–water partition coefficient (Wildman–Crippen LogP) is 2.77. The van der Waals surface area contributed by atoms with Crippen molar-refractivity contribution in [2.45, 2.75) is 13.0 Å². The van der Waals surface area contributed by atoms with Crippen molar-refractivity contribution in [3.05, 3.63) is 65.0 Å². The van der Waals surface area contributed by atoms with Gasteiger partial charge in [0.15, 0.2) is 0 Å². The van der Waals surface area contributed by atoms with Gasteiger partial charge in [0.25, 0.3) is 5.91 Å². The summed E-state index contributed by atoms with van der Waals surface area (Å²) >= 11 is 0. The van der Waals surface area contributed by atoms with E-state index < -0.39 is 11.7 Å². The Kier molecular flexibility index (Phi) is 4.19. The third kappa shape index (κ3) is 3.37. The smallest absolute Gasteiger partial charge is 0.253 e. The maximum absolute atomic E-state index is 13.2. The SMILES string of the molecule is CC(NC(=O)c1cc(F)ccc1N)c1ccc(C#N)cc1. The zero-order chi connectivity index (χ0) is 15.4. The van der Waals surface area contributed by atoms with E-state index >= 15 is 0 Å². The van der Waals surface area contributed by atoms with Crippen LogP contribution in [-0.4, -0.2) is 5.91 Å². The van der Waals surface area contributed by atoms with E-state index in [1.54, 1.807) is 31.2 Å². The number of hydrogen-bond acceptors (Lipinski definition) is 3. The van der Waals surface area contributed by atoms with Gasteiger partial charge >= 0.3 is 0 Å². The standard InChI is InChI=1S/C16H14FN3O/c1-10(12-4-2-11(9-18)3-5-12)20-16(21)14-8-13(17)6-7-15(14)19/h2-8,10H,19H2,1H3,(H,20,21). The summed E-state index contributed by atoms with van der Waals surface area (Å²) in [6, 6.07) is 12.3. The summed E-state index contributed by atoms with van der Waals surface area (Å²) in [6.07, 6.45) is 0. The van der Waals surface area contributed by atoms with Gasteiger partial charge in [0.2, 0.25) is 0 Å². The van der Waals surface area contributed by atoms with Crippen LogP contribution in [0.5, 0.6) is 0 Å². The molecule has 1 unspecified atom stereocenters. The second-order valence-corrected chi connectivity index (χ2v) is 4.66. The number of amides is 1. The topological polar surface area (TPSA) is 78.9 Å². The monoisotopic (exact) mass is 283 g/mol. The third-order valence-corrected chi connectivity index (χ3v) is 3.15. The van der Waals surface area contributed by atoms with Gasteiger partial charge in [0.05, 0.1) is 23.2 Å². The van der Waals surface area contributed by atoms with Gasteiger partial charge in [0, 0.05) is 5.69 Å². The maximum atomic E-state index is 13.2. The van der Waals surface area contributed by atoms with Gasteiger partial charge in [-0.1, -0.05) is 12.1 Å². The summed E-state index contributed by atoms with van der Waals surface area (Å²) < 4.78 is 13.2. The van der Waals surface area contributed by atoms with Crippen LogP contribution in [0.3, 0.4) is 0 Å². The number of nitrogens with two attached hydrogens (primary N) is 1. The molecular weight excluding hydrogens is 269 g/mol. The molecule has 0 saturated carbocycles. The molecule has 0 aliphatic heterocycles. The lowest BCUT2D eigenvalue weighted by molar-refractivity contribution is 0.0940. The summed E-state index contributed by atoms with van der Waals surface area (Å²) in [6.45, 7) is 1.80. The van der Waals surface area contributed by atoms with Gasteiger partial charge < -0.3 is 11.1 Å². The van der Waals surface area contributed by atoms with Crippen molar-refractivity contribution in [3.8, 4) is 6.07 Å². The first-order chi connectivity index (χ1) is 10.0. The normalized spacial score (nSPS) is 11.5. The average Bonchev–Trinajstić information content (AvgIpc) is 2.49. The molecule has 0 spiro atoms. The lowest BCUT2D eigenvalue weighted by atomic mass is 10.1. The number of anilines is 1. The van der Waals surface area contributed by atoms with E-state index in [-0.39, 0.29) is 17.3 Å². The fraction of sp³-hybridized carbons (Fsp3) is 0.125. The van der Waals surface area contributed by atoms with Crippen molar-refractivity contribution >= 4 is 11.6 Å². The Morgan fingerprint density at radius 3 is 2.57 bits per heavy atom. The zero-order valence-corrected chi connectivity index (χ0v) is 11.4. The number of carbonyl (C=O) groups is 1. The van der Waals surface area contributed by atoms with Gasteiger partial charge in [0.1, 0.15) is 5.82 Å². The molecule has 0 radical (unpaired) electrons. The van der Waals surface area contributed by atoms with Crippen molar-refractivity contribution in [3.63, 3.8) is 0 Å². The fourth-order valence-corrected chi connectivity index (χ4v) is 1.93. The molecule has 5 heteroatoms. The quantitative estimate of drug-likeness (QED) is 0.850. The van der Waals surface area contributed by atoms with Gasteiger partial charge in [-0.05, 0) is 42.8 Å². The number of nitrogens with one attached hydrogen (secondary N) is 1. The molecule has 0 aromatic heterocycles. The highest BCUT2D eigenvalue weighted by Crippen LogP contribution is 2.17. The predicted molar refractivity (Wildman–Crippen MR) is 77.9 cm³/mol. The summed E-state index contributed by atoms with van der Waals surface area (Å²) in [5, 5.41) is 11.5. The Morgan fingerprint density at radius 2 is 1.95 bits per heavy atom. The van der Waals surface area contributed by atoms with E-state index in [0.717, 1.165) is 11.6 Å². The fourth-order valence-electron chi connectivity index (χ4n) is 1.93. The first kappa shape index (κ1) is 14.5. The van der Waals surface area contributed by atoms with Crippen molar-refractivity contribution in [1.82, 2.24) is 5.32 Å². The van der Waals surface area contributed by atoms with Crippen molar-refractivity contribution in [1.29, 1.82) is 5.26 Å². The molecule has 1 atom stereocenters. The molecular formula is C16H14FN3O. The number of nitrogens with zero attached hydrogens (tertiary/aromatic N) is 1. The molecule has 2 aromatic carbocycles. The van der Waals surface area contributed by atoms with Crippen LogP contribution in [-0.2, 0) is 0 Å². The Bertz CT molecular complexity index is 704. The number of halogens is 1. The molecule has 3 N–H and O–H groups in total. The largest absolute Gasteiger partial charge is 0.398 e. The van der Waals surface area contributed by atoms with Crippen LogP contribution in [0.4, 0.5) is 10.1 Å². The molecule has 1 amide bonds. The van der Waals surface area contributed by atoms with Crippen LogP contribution in [0.15, 0.2) is 42.5 Å². The number of rotatable bonds is 3. The highest BCUT2D eigenvalue weighted by molar-refractivity contribution is 5.99. The Labute approximate surface area is 122 Å². The Balaban J connectivity index is 2.14. The first-order valence-corrected chi connectivity index (χ1v) is 6.37. The molecule has 0 bridgehead atoms. The lowest BCUT2D eigenvalue weighted by Crippen LogP contribution is -2.27. The summed E-state index contributed by atoms with van der Waals surface area (Å²) in [4.78, 5) is 12.1. The van der Waals surface area contributed by atoms with E-state index in [1.165, 1.54) is 12.1 Å². The lowest BCUT2D eigenvalue weighted by Gasteiger charge is -2.15. The molecule has 2 aromatic rings. The van der Waals surface area contributed by atoms with Crippen LogP contribution < -0.4 is 11.1 Å². The van der Waals surface area contributed by atoms with E-state index in [0.29, 0.717) is 5.56 Å². The highest BCUT2D eigenvalue weighted by Gasteiger charge is 2.14. The van der Waals surface area contributed by atoms with E-state index in [1.807, 2.05) is 6.07 Å². The molecule has 106 valence electrons. The van der Waals surface area contributed by atoms with E-state index in [9.17, 15) is 9.18 Å². The molecule has 0 saturated heterocycles. The van der Waals surface area contributed by atoms with Gasteiger partial charge in [-0.3, -0.25) is 4.79 Å². The molecule has 0 aliphatic carbocycles. The van der Waals surface area contributed by atoms with Gasteiger partial charge in [-0.25, -0.2) is 4.39 Å². The first-order valence-electron chi connectivity index (χ1n) is 6.37. The molecule has 21 heavy (non-hydrogen) atoms. The summed E-state index contributed by atoms with van der Waals surface area (Å²) in [7, 11) is 0. The van der Waals surface area contributed by atoms with Crippen LogP contribution in [0.2, 0.25) is 0 Å². The van der Waals surface area contributed by atoms with Crippen LogP contribution in [0.25, 0.3) is 0 Å². The Hall–Kier alpha value is -2.87. The zero-order valence-electron chi connectivity index (χ0n) is 11.4. The van der Waals surface area contributed by atoms with Gasteiger partial charge in [-0.2, -0.15) is 5.26 Å². The van der Waals surface area contributed by atoms with Crippen LogP contribution >= 0.6 is 0 Å². The minimum atomic E-state index is -0.514. The van der Waals surface area contributed by atoms with Crippen molar-refractivity contribution < 1.29 is 9.18 Å². The second-order valence-electron chi connectivity index (χ2n) is 4.66. The van der Waals surface area contributed by atoms with Crippen molar-refractivity contribution in [2.24, 2.45) is 0 Å². The Morgan fingerprint density at radius 1 is 1.29 bits per heavy atom. The number of nitrogen functional groups attached to an aromatic ring is 1. The minimum absolute atomic E-state index is 0.107. The second kappa shape index (κ2) is 6.06. The molecule has 0 heterocycles. The van der Waals surface area contributed by atoms with Crippen molar-refractivity contribution in [2.75, 3.05) is 5.73 Å². The highest BCUT2D eigenvalue weighted by atomic mass is 19.1. The molecule has 2 rings (SSSR count). The molecule has 4 nitrogen and oxygen atoms in total.